The van der Waals surface area contributed by atoms with E-state index < -0.39 is 38.5 Å². The summed E-state index contributed by atoms with van der Waals surface area (Å²) >= 11 is 0. The first-order chi connectivity index (χ1) is 10.6. The molecule has 0 aromatic carbocycles. The highest BCUT2D eigenvalue weighted by molar-refractivity contribution is 7.53. The summed E-state index contributed by atoms with van der Waals surface area (Å²) in [4.78, 5) is 23.0. The highest BCUT2D eigenvalue weighted by atomic mass is 31.2. The average Bonchev–Trinajstić information content (AvgIpc) is 2.45. The van der Waals surface area contributed by atoms with Gasteiger partial charge in [0.15, 0.2) is 0 Å². The Hall–Kier alpha value is -1.21. The van der Waals surface area contributed by atoms with E-state index in [1.807, 2.05) is 0 Å². The van der Waals surface area contributed by atoms with Gasteiger partial charge in [-0.2, -0.15) is 0 Å². The minimum atomic E-state index is -3.62. The second-order valence-corrected chi connectivity index (χ2v) is 7.89. The van der Waals surface area contributed by atoms with E-state index >= 15 is 0 Å². The van der Waals surface area contributed by atoms with Crippen LogP contribution in [0.3, 0.4) is 0 Å². The Bertz CT molecular complexity index is 482. The molecule has 0 fully saturated rings. The van der Waals surface area contributed by atoms with Crippen molar-refractivity contribution in [2.75, 3.05) is 26.3 Å². The average molecular weight is 351 g/mol. The van der Waals surface area contributed by atoms with Gasteiger partial charge in [0.1, 0.15) is 0 Å². The van der Waals surface area contributed by atoms with Gasteiger partial charge in [-0.05, 0) is 34.6 Å². The quantitative estimate of drug-likeness (QED) is 0.291. The first-order valence-electron chi connectivity index (χ1n) is 7.11. The highest BCUT2D eigenvalue weighted by Crippen LogP contribution is 2.47. The predicted octanol–water partition coefficient (Wildman–Crippen LogP) is 2.19. The van der Waals surface area contributed by atoms with E-state index in [4.69, 9.17) is 24.3 Å². The number of nitrogens with two attached hydrogens (primary N) is 1. The first-order valence-corrected chi connectivity index (χ1v) is 8.84. The fourth-order valence-electron chi connectivity index (χ4n) is 1.09. The molecule has 0 aromatic rings. The van der Waals surface area contributed by atoms with Gasteiger partial charge in [-0.3, -0.25) is 18.4 Å². The summed E-state index contributed by atoms with van der Waals surface area (Å²) in [5, 5.41) is 0. The van der Waals surface area contributed by atoms with Crippen LogP contribution in [-0.2, 0) is 32.7 Å². The molecule has 0 amide bonds. The molecule has 2 N–H and O–H groups in total. The van der Waals surface area contributed by atoms with Crippen LogP contribution in [0.15, 0.2) is 11.6 Å². The van der Waals surface area contributed by atoms with Crippen LogP contribution >= 0.6 is 7.60 Å². The Morgan fingerprint density at radius 3 is 2.09 bits per heavy atom. The smallest absolute Gasteiger partial charge is 0.337 e. The zero-order valence-electron chi connectivity index (χ0n) is 14.3. The van der Waals surface area contributed by atoms with Gasteiger partial charge in [-0.25, -0.2) is 4.79 Å². The standard InChI is InChI=1S/C14H26NO7P/c1-6-11(2)12(16)19-9-21-23(18,8-7-15)22-10-20-13(17)14(3,4)5/h6H,7-10,15H2,1-5H3/b11-6+. The first kappa shape index (κ1) is 21.8. The molecule has 0 rings (SSSR count). The molecule has 0 heterocycles. The second kappa shape index (κ2) is 9.82. The Kier molecular flexibility index (Phi) is 9.31. The van der Waals surface area contributed by atoms with Crippen LogP contribution in [-0.4, -0.2) is 38.2 Å². The molecule has 0 aromatic heterocycles. The van der Waals surface area contributed by atoms with Gasteiger partial charge in [0.05, 0.1) is 11.6 Å². The number of hydrogen-bond donors (Lipinski definition) is 1. The minimum Gasteiger partial charge on any atom is -0.438 e. The topological polar surface area (TPSA) is 114 Å². The van der Waals surface area contributed by atoms with Crippen LogP contribution in [0.25, 0.3) is 0 Å². The van der Waals surface area contributed by atoms with Crippen molar-refractivity contribution in [2.45, 2.75) is 34.6 Å². The molecule has 134 valence electrons. The van der Waals surface area contributed by atoms with E-state index in [0.717, 1.165) is 0 Å². The van der Waals surface area contributed by atoms with Crippen molar-refractivity contribution in [3.63, 3.8) is 0 Å². The fourth-order valence-corrected chi connectivity index (χ4v) is 2.17. The van der Waals surface area contributed by atoms with Gasteiger partial charge in [0.2, 0.25) is 13.6 Å². The Labute approximate surface area is 136 Å². The molecule has 0 radical (unpaired) electrons. The lowest BCUT2D eigenvalue weighted by atomic mass is 9.98. The summed E-state index contributed by atoms with van der Waals surface area (Å²) < 4.78 is 32.0. The van der Waals surface area contributed by atoms with E-state index in [1.54, 1.807) is 40.7 Å². The lowest BCUT2D eigenvalue weighted by Crippen LogP contribution is -2.24. The van der Waals surface area contributed by atoms with Gasteiger partial charge in [0, 0.05) is 12.1 Å². The van der Waals surface area contributed by atoms with Crippen molar-refractivity contribution in [2.24, 2.45) is 11.1 Å². The summed E-state index contributed by atoms with van der Waals surface area (Å²) in [7, 11) is -3.62. The summed E-state index contributed by atoms with van der Waals surface area (Å²) in [5.74, 6) is -1.10. The minimum absolute atomic E-state index is 0.0341. The largest absolute Gasteiger partial charge is 0.438 e. The molecule has 0 saturated carbocycles. The molecule has 9 heteroatoms. The summed E-state index contributed by atoms with van der Waals surface area (Å²) in [5.41, 5.74) is 5.04. The normalized spacial score (nSPS) is 15.0. The van der Waals surface area contributed by atoms with Crippen molar-refractivity contribution >= 4 is 19.5 Å². The van der Waals surface area contributed by atoms with Crippen LogP contribution in [0.2, 0.25) is 0 Å². The number of carbonyl (C=O) groups is 2. The van der Waals surface area contributed by atoms with E-state index in [0.29, 0.717) is 5.57 Å². The second-order valence-electron chi connectivity index (χ2n) is 5.70. The van der Waals surface area contributed by atoms with Crippen molar-refractivity contribution in [1.29, 1.82) is 0 Å². The number of carbonyl (C=O) groups excluding carboxylic acids is 2. The highest BCUT2D eigenvalue weighted by Gasteiger charge is 2.27. The molecule has 0 bridgehead atoms. The maximum absolute atomic E-state index is 12.3. The number of allylic oxidation sites excluding steroid dienone is 1. The van der Waals surface area contributed by atoms with E-state index in [9.17, 15) is 14.2 Å². The number of ether oxygens (including phenoxy) is 2. The van der Waals surface area contributed by atoms with Crippen LogP contribution in [0.1, 0.15) is 34.6 Å². The molecule has 8 nitrogen and oxygen atoms in total. The summed E-state index contributed by atoms with van der Waals surface area (Å²) in [6.07, 6.45) is 1.48. The maximum atomic E-state index is 12.3. The number of rotatable bonds is 9. The van der Waals surface area contributed by atoms with Gasteiger partial charge < -0.3 is 15.2 Å². The molecule has 0 saturated heterocycles. The van der Waals surface area contributed by atoms with Crippen LogP contribution in [0.5, 0.6) is 0 Å². The molecule has 23 heavy (non-hydrogen) atoms. The fraction of sp³-hybridized carbons (Fsp3) is 0.714. The SMILES string of the molecule is C/C=C(\C)C(=O)OCOP(=O)(CCN)OCOC(=O)C(C)(C)C. The van der Waals surface area contributed by atoms with E-state index in [1.165, 1.54) is 0 Å². The zero-order chi connectivity index (χ0) is 18.1. The van der Waals surface area contributed by atoms with Gasteiger partial charge in [0.25, 0.3) is 0 Å². The third kappa shape index (κ3) is 8.86. The summed E-state index contributed by atoms with van der Waals surface area (Å²) in [6, 6.07) is 0. The Morgan fingerprint density at radius 1 is 1.13 bits per heavy atom. The van der Waals surface area contributed by atoms with Gasteiger partial charge in [-0.15, -0.1) is 0 Å². The Balaban J connectivity index is 4.43. The molecule has 1 atom stereocenters. The monoisotopic (exact) mass is 351 g/mol. The van der Waals surface area contributed by atoms with E-state index in [2.05, 4.69) is 0 Å². The maximum Gasteiger partial charge on any atom is 0.337 e. The van der Waals surface area contributed by atoms with Gasteiger partial charge >= 0.3 is 19.5 Å². The van der Waals surface area contributed by atoms with Crippen molar-refractivity contribution in [1.82, 2.24) is 0 Å². The third-order valence-corrected chi connectivity index (χ3v) is 4.45. The zero-order valence-corrected chi connectivity index (χ0v) is 15.2. The van der Waals surface area contributed by atoms with Crippen LogP contribution in [0, 0.1) is 5.41 Å². The third-order valence-electron chi connectivity index (χ3n) is 2.65. The van der Waals surface area contributed by atoms with Crippen LogP contribution in [0.4, 0.5) is 0 Å². The van der Waals surface area contributed by atoms with Crippen molar-refractivity contribution in [3.05, 3.63) is 11.6 Å². The number of hydrogen-bond acceptors (Lipinski definition) is 8. The molecular weight excluding hydrogens is 325 g/mol. The molecule has 0 aliphatic heterocycles. The molecule has 0 aliphatic rings. The molecule has 0 spiro atoms. The lowest BCUT2D eigenvalue weighted by Gasteiger charge is -2.20. The Morgan fingerprint density at radius 2 is 1.65 bits per heavy atom. The molecule has 0 aliphatic carbocycles. The van der Waals surface area contributed by atoms with Gasteiger partial charge in [-0.1, -0.05) is 6.08 Å². The number of esters is 2. The van der Waals surface area contributed by atoms with E-state index in [-0.39, 0.29) is 12.7 Å². The molecular formula is C14H26NO7P. The van der Waals surface area contributed by atoms with Crippen molar-refractivity contribution in [3.8, 4) is 0 Å². The van der Waals surface area contributed by atoms with Crippen molar-refractivity contribution < 1.29 is 32.7 Å². The summed E-state index contributed by atoms with van der Waals surface area (Å²) in [6.45, 7) is 7.24. The van der Waals surface area contributed by atoms with Crippen LogP contribution < -0.4 is 5.73 Å². The lowest BCUT2D eigenvalue weighted by molar-refractivity contribution is -0.160. The molecule has 1 unspecified atom stereocenters. The predicted molar refractivity (Wildman–Crippen MR) is 84.5 cm³/mol.